The molecule has 0 unspecified atom stereocenters. The zero-order chi connectivity index (χ0) is 17.0. The van der Waals surface area contributed by atoms with E-state index in [1.165, 1.54) is 20.8 Å². The highest BCUT2D eigenvalue weighted by atomic mass is 31.2. The van der Waals surface area contributed by atoms with E-state index in [0.717, 1.165) is 0 Å². The van der Waals surface area contributed by atoms with Gasteiger partial charge in [0.25, 0.3) is 0 Å². The average molecular weight is 332 g/mol. The van der Waals surface area contributed by atoms with Crippen molar-refractivity contribution in [3.8, 4) is 0 Å². The fourth-order valence-electron chi connectivity index (χ4n) is 1.19. The SMILES string of the molecule is CC(C)(C)OC(=O)[C@H](O)[C@@H](O)[C@H](O)[C@H](O)COP(=O)(O)O. The first-order chi connectivity index (χ1) is 9.24. The summed E-state index contributed by atoms with van der Waals surface area (Å²) in [6.45, 7) is 3.54. The number of esters is 1. The molecule has 0 rings (SSSR count). The highest BCUT2D eigenvalue weighted by molar-refractivity contribution is 7.46. The molecule has 0 aliphatic heterocycles. The van der Waals surface area contributed by atoms with Gasteiger partial charge in [-0.15, -0.1) is 0 Å². The number of phosphoric acid groups is 1. The van der Waals surface area contributed by atoms with Crippen LogP contribution in [0.1, 0.15) is 20.8 Å². The van der Waals surface area contributed by atoms with Gasteiger partial charge in [-0.3, -0.25) is 4.52 Å². The molecule has 0 spiro atoms. The molecule has 6 N–H and O–H groups in total. The summed E-state index contributed by atoms with van der Waals surface area (Å²) in [7, 11) is -4.87. The van der Waals surface area contributed by atoms with Crippen LogP contribution in [0.5, 0.6) is 0 Å². The molecule has 0 amide bonds. The first-order valence-corrected chi connectivity index (χ1v) is 7.43. The molecule has 0 radical (unpaired) electrons. The quantitative estimate of drug-likeness (QED) is 0.223. The van der Waals surface area contributed by atoms with Crippen molar-refractivity contribution >= 4 is 13.8 Å². The Morgan fingerprint density at radius 2 is 1.57 bits per heavy atom. The summed E-state index contributed by atoms with van der Waals surface area (Å²) in [6, 6.07) is 0. The summed E-state index contributed by atoms with van der Waals surface area (Å²) in [6.07, 6.45) is -8.30. The third kappa shape index (κ3) is 8.44. The molecule has 11 heteroatoms. The number of phosphoric ester groups is 1. The lowest BCUT2D eigenvalue weighted by Crippen LogP contribution is -2.50. The predicted octanol–water partition coefficient (Wildman–Crippen LogP) is -2.12. The maximum absolute atomic E-state index is 11.5. The predicted molar refractivity (Wildman–Crippen MR) is 67.9 cm³/mol. The van der Waals surface area contributed by atoms with Crippen LogP contribution in [0.4, 0.5) is 0 Å². The number of aliphatic hydroxyl groups is 4. The molecule has 0 aromatic rings. The van der Waals surface area contributed by atoms with E-state index in [9.17, 15) is 29.8 Å². The van der Waals surface area contributed by atoms with Crippen molar-refractivity contribution < 1.29 is 48.8 Å². The Kier molecular flexibility index (Phi) is 7.40. The summed E-state index contributed by atoms with van der Waals surface area (Å²) < 4.78 is 19.1. The van der Waals surface area contributed by atoms with Crippen molar-refractivity contribution in [1.82, 2.24) is 0 Å². The van der Waals surface area contributed by atoms with Gasteiger partial charge in [0.05, 0.1) is 6.61 Å². The molecular weight excluding hydrogens is 311 g/mol. The van der Waals surface area contributed by atoms with Crippen molar-refractivity contribution in [2.75, 3.05) is 6.61 Å². The Morgan fingerprint density at radius 3 is 1.95 bits per heavy atom. The lowest BCUT2D eigenvalue weighted by atomic mass is 10.0. The van der Waals surface area contributed by atoms with E-state index >= 15 is 0 Å². The van der Waals surface area contributed by atoms with Crippen molar-refractivity contribution in [3.63, 3.8) is 0 Å². The van der Waals surface area contributed by atoms with Crippen LogP contribution < -0.4 is 0 Å². The monoisotopic (exact) mass is 332 g/mol. The van der Waals surface area contributed by atoms with E-state index in [0.29, 0.717) is 0 Å². The number of hydrogen-bond donors (Lipinski definition) is 6. The van der Waals surface area contributed by atoms with Crippen LogP contribution in [0.2, 0.25) is 0 Å². The normalized spacial score (nSPS) is 18.7. The number of carbonyl (C=O) groups is 1. The smallest absolute Gasteiger partial charge is 0.458 e. The van der Waals surface area contributed by atoms with Crippen LogP contribution in [0.25, 0.3) is 0 Å². The number of ether oxygens (including phenoxy) is 1. The van der Waals surface area contributed by atoms with Gasteiger partial charge in [0.1, 0.15) is 23.9 Å². The number of aliphatic hydroxyl groups excluding tert-OH is 4. The molecule has 0 heterocycles. The van der Waals surface area contributed by atoms with Gasteiger partial charge < -0.3 is 34.9 Å². The molecule has 0 saturated heterocycles. The third-order valence-electron chi connectivity index (χ3n) is 2.13. The average Bonchev–Trinajstić information content (AvgIpc) is 2.30. The summed E-state index contributed by atoms with van der Waals surface area (Å²) >= 11 is 0. The van der Waals surface area contributed by atoms with E-state index in [4.69, 9.17) is 14.5 Å². The maximum atomic E-state index is 11.5. The molecule has 0 aliphatic rings. The lowest BCUT2D eigenvalue weighted by Gasteiger charge is -2.27. The van der Waals surface area contributed by atoms with Gasteiger partial charge in [-0.1, -0.05) is 0 Å². The minimum absolute atomic E-state index is 0.940. The van der Waals surface area contributed by atoms with E-state index < -0.39 is 50.4 Å². The molecule has 0 aromatic heterocycles. The highest BCUT2D eigenvalue weighted by Gasteiger charge is 2.37. The zero-order valence-electron chi connectivity index (χ0n) is 11.8. The summed E-state index contributed by atoms with van der Waals surface area (Å²) in [4.78, 5) is 28.3. The second-order valence-corrected chi connectivity index (χ2v) is 6.55. The number of rotatable bonds is 7. The second-order valence-electron chi connectivity index (χ2n) is 5.31. The molecule has 4 atom stereocenters. The summed E-state index contributed by atoms with van der Waals surface area (Å²) in [5.74, 6) is -1.22. The summed E-state index contributed by atoms with van der Waals surface area (Å²) in [5, 5.41) is 37.9. The Labute approximate surface area is 121 Å². The largest absolute Gasteiger partial charge is 0.469 e. The molecule has 0 saturated carbocycles. The second kappa shape index (κ2) is 7.61. The van der Waals surface area contributed by atoms with Crippen LogP contribution in [0.3, 0.4) is 0 Å². The Morgan fingerprint density at radius 1 is 1.10 bits per heavy atom. The van der Waals surface area contributed by atoms with Gasteiger partial charge in [-0.05, 0) is 20.8 Å². The van der Waals surface area contributed by atoms with Crippen molar-refractivity contribution in [1.29, 1.82) is 0 Å². The fraction of sp³-hybridized carbons (Fsp3) is 0.900. The lowest BCUT2D eigenvalue weighted by molar-refractivity contribution is -0.180. The van der Waals surface area contributed by atoms with E-state index in [1.54, 1.807) is 0 Å². The molecule has 126 valence electrons. The van der Waals surface area contributed by atoms with Crippen LogP contribution >= 0.6 is 7.82 Å². The molecule has 21 heavy (non-hydrogen) atoms. The highest BCUT2D eigenvalue weighted by Crippen LogP contribution is 2.35. The summed E-state index contributed by atoms with van der Waals surface area (Å²) in [5.41, 5.74) is -0.940. The topological polar surface area (TPSA) is 174 Å². The van der Waals surface area contributed by atoms with Crippen LogP contribution in [0.15, 0.2) is 0 Å². The molecule has 0 aliphatic carbocycles. The van der Waals surface area contributed by atoms with Gasteiger partial charge in [0, 0.05) is 0 Å². The number of hydrogen-bond acceptors (Lipinski definition) is 8. The Balaban J connectivity index is 4.57. The van der Waals surface area contributed by atoms with Gasteiger partial charge in [-0.2, -0.15) is 0 Å². The van der Waals surface area contributed by atoms with Crippen LogP contribution in [-0.2, 0) is 18.6 Å². The van der Waals surface area contributed by atoms with Gasteiger partial charge in [0.15, 0.2) is 6.10 Å². The minimum Gasteiger partial charge on any atom is -0.458 e. The Bertz CT molecular complexity index is 386. The van der Waals surface area contributed by atoms with Crippen LogP contribution in [0, 0.1) is 0 Å². The molecule has 0 fully saturated rings. The van der Waals surface area contributed by atoms with Crippen molar-refractivity contribution in [2.24, 2.45) is 0 Å². The van der Waals surface area contributed by atoms with E-state index in [-0.39, 0.29) is 0 Å². The molecule has 0 bridgehead atoms. The van der Waals surface area contributed by atoms with Gasteiger partial charge >= 0.3 is 13.8 Å². The van der Waals surface area contributed by atoms with Gasteiger partial charge in [-0.25, -0.2) is 9.36 Å². The minimum atomic E-state index is -4.87. The molecular formula is C10H21O10P. The fourth-order valence-corrected chi connectivity index (χ4v) is 1.53. The number of carbonyl (C=O) groups excluding carboxylic acids is 1. The Hall–Kier alpha value is -0.580. The van der Waals surface area contributed by atoms with Gasteiger partial charge in [0.2, 0.25) is 0 Å². The van der Waals surface area contributed by atoms with Crippen LogP contribution in [-0.4, -0.2) is 72.8 Å². The first-order valence-electron chi connectivity index (χ1n) is 5.90. The van der Waals surface area contributed by atoms with Crippen molar-refractivity contribution in [3.05, 3.63) is 0 Å². The van der Waals surface area contributed by atoms with E-state index in [2.05, 4.69) is 4.52 Å². The van der Waals surface area contributed by atoms with E-state index in [1.807, 2.05) is 0 Å². The first kappa shape index (κ1) is 20.4. The molecule has 10 nitrogen and oxygen atoms in total. The zero-order valence-corrected chi connectivity index (χ0v) is 12.7. The van der Waals surface area contributed by atoms with Crippen molar-refractivity contribution in [2.45, 2.75) is 50.8 Å². The maximum Gasteiger partial charge on any atom is 0.469 e. The standard InChI is InChI=1S/C10H21O10P/c1-10(2,3)20-9(15)8(14)7(13)6(12)5(11)4-19-21(16,17)18/h5-8,11-14H,4H2,1-3H3,(H2,16,17,18)/t5-,6-,7+,8-/m1/s1. The third-order valence-corrected chi connectivity index (χ3v) is 2.61. The molecule has 0 aromatic carbocycles.